The Morgan fingerprint density at radius 2 is 2.00 bits per heavy atom. The number of H-pyrrole nitrogens is 1. The van der Waals surface area contributed by atoms with E-state index in [2.05, 4.69) is 15.3 Å². The summed E-state index contributed by atoms with van der Waals surface area (Å²) in [7, 11) is 1.64. The molecule has 0 bridgehead atoms. The van der Waals surface area contributed by atoms with Gasteiger partial charge in [-0.2, -0.15) is 0 Å². The van der Waals surface area contributed by atoms with E-state index in [1.54, 1.807) is 19.4 Å². The van der Waals surface area contributed by atoms with Gasteiger partial charge in [0.05, 0.1) is 7.11 Å². The van der Waals surface area contributed by atoms with E-state index < -0.39 is 0 Å². The number of aromatic amines is 1. The zero-order chi connectivity index (χ0) is 20.2. The fourth-order valence-electron chi connectivity index (χ4n) is 3.46. The molecule has 0 radical (unpaired) electrons. The summed E-state index contributed by atoms with van der Waals surface area (Å²) in [6, 6.07) is 18.9. The lowest BCUT2D eigenvalue weighted by molar-refractivity contribution is -0.116. The number of aromatic nitrogens is 2. The summed E-state index contributed by atoms with van der Waals surface area (Å²) < 4.78 is 5.38. The van der Waals surface area contributed by atoms with Crippen molar-refractivity contribution in [2.75, 3.05) is 12.4 Å². The van der Waals surface area contributed by atoms with Gasteiger partial charge in [-0.1, -0.05) is 35.9 Å². The number of hydrogen-bond donors (Lipinski definition) is 2. The molecule has 0 aliphatic rings. The number of ether oxygens (including phenoxy) is 1. The normalized spacial score (nSPS) is 11.9. The van der Waals surface area contributed by atoms with Gasteiger partial charge in [0.15, 0.2) is 0 Å². The van der Waals surface area contributed by atoms with Crippen molar-refractivity contribution in [1.29, 1.82) is 0 Å². The maximum atomic E-state index is 12.8. The SMILES string of the molecule is COc1ccc2[nH]cc([C@H](CC(=O)Nc3ccccc3)c3ccc(Cl)nc3)c2c1. The van der Waals surface area contributed by atoms with Crippen molar-refractivity contribution in [3.63, 3.8) is 0 Å². The minimum atomic E-state index is -0.190. The number of nitrogens with one attached hydrogen (secondary N) is 2. The first kappa shape index (κ1) is 19.0. The molecule has 5 nitrogen and oxygen atoms in total. The molecular weight excluding hydrogens is 386 g/mol. The summed E-state index contributed by atoms with van der Waals surface area (Å²) in [5, 5.41) is 4.40. The van der Waals surface area contributed by atoms with Crippen LogP contribution in [0.3, 0.4) is 0 Å². The number of methoxy groups -OCH3 is 1. The van der Waals surface area contributed by atoms with E-state index in [4.69, 9.17) is 16.3 Å². The Hall–Kier alpha value is -3.31. The predicted octanol–water partition coefficient (Wildman–Crippen LogP) is 5.39. The molecule has 2 aromatic heterocycles. The second-order valence-electron chi connectivity index (χ2n) is 6.74. The predicted molar refractivity (Wildman–Crippen MR) is 116 cm³/mol. The molecule has 29 heavy (non-hydrogen) atoms. The monoisotopic (exact) mass is 405 g/mol. The highest BCUT2D eigenvalue weighted by atomic mass is 35.5. The fourth-order valence-corrected chi connectivity index (χ4v) is 3.57. The van der Waals surface area contributed by atoms with Crippen LogP contribution < -0.4 is 10.1 Å². The number of fused-ring (bicyclic) bond motifs is 1. The summed E-state index contributed by atoms with van der Waals surface area (Å²) >= 11 is 5.98. The van der Waals surface area contributed by atoms with E-state index >= 15 is 0 Å². The van der Waals surface area contributed by atoms with E-state index in [1.807, 2.05) is 60.8 Å². The molecule has 1 atom stereocenters. The lowest BCUT2D eigenvalue weighted by Gasteiger charge is -2.17. The van der Waals surface area contributed by atoms with Crippen molar-refractivity contribution >= 4 is 34.1 Å². The van der Waals surface area contributed by atoms with Crippen molar-refractivity contribution in [3.05, 3.63) is 89.3 Å². The highest BCUT2D eigenvalue weighted by molar-refractivity contribution is 6.29. The zero-order valence-corrected chi connectivity index (χ0v) is 16.6. The number of halogens is 1. The van der Waals surface area contributed by atoms with Crippen LogP contribution in [0.25, 0.3) is 10.9 Å². The Kier molecular flexibility index (Phi) is 5.49. The molecule has 6 heteroatoms. The zero-order valence-electron chi connectivity index (χ0n) is 15.9. The number of nitrogens with zero attached hydrogens (tertiary/aromatic N) is 1. The third-order valence-corrected chi connectivity index (χ3v) is 5.12. The Morgan fingerprint density at radius 3 is 2.72 bits per heavy atom. The summed E-state index contributed by atoms with van der Waals surface area (Å²) in [5.41, 5.74) is 3.68. The minimum absolute atomic E-state index is 0.0756. The van der Waals surface area contributed by atoms with Gasteiger partial charge in [0.2, 0.25) is 5.91 Å². The third-order valence-electron chi connectivity index (χ3n) is 4.90. The Bertz CT molecular complexity index is 1120. The van der Waals surface area contributed by atoms with E-state index in [9.17, 15) is 4.79 Å². The molecule has 2 aromatic carbocycles. The molecular formula is C23H20ClN3O2. The minimum Gasteiger partial charge on any atom is -0.497 e. The van der Waals surface area contributed by atoms with Crippen LogP contribution >= 0.6 is 11.6 Å². The molecule has 1 amide bonds. The van der Waals surface area contributed by atoms with Crippen LogP contribution in [0.1, 0.15) is 23.5 Å². The summed E-state index contributed by atoms with van der Waals surface area (Å²) in [5.74, 6) is 0.498. The van der Waals surface area contributed by atoms with Gasteiger partial charge in [-0.15, -0.1) is 0 Å². The first-order valence-electron chi connectivity index (χ1n) is 9.25. The largest absolute Gasteiger partial charge is 0.497 e. The van der Waals surface area contributed by atoms with Gasteiger partial charge in [0.1, 0.15) is 10.9 Å². The van der Waals surface area contributed by atoms with Crippen LogP contribution in [-0.4, -0.2) is 23.0 Å². The van der Waals surface area contributed by atoms with Crippen molar-refractivity contribution in [2.45, 2.75) is 12.3 Å². The van der Waals surface area contributed by atoms with Crippen LogP contribution in [-0.2, 0) is 4.79 Å². The maximum absolute atomic E-state index is 12.8. The average molecular weight is 406 g/mol. The topological polar surface area (TPSA) is 67.0 Å². The van der Waals surface area contributed by atoms with Crippen molar-refractivity contribution < 1.29 is 9.53 Å². The Balaban J connectivity index is 1.71. The highest BCUT2D eigenvalue weighted by Crippen LogP contribution is 2.35. The molecule has 0 aliphatic heterocycles. The molecule has 0 saturated carbocycles. The number of carbonyl (C=O) groups is 1. The van der Waals surface area contributed by atoms with Crippen LogP contribution in [0.5, 0.6) is 5.75 Å². The van der Waals surface area contributed by atoms with Crippen molar-refractivity contribution in [1.82, 2.24) is 9.97 Å². The maximum Gasteiger partial charge on any atom is 0.225 e. The Morgan fingerprint density at radius 1 is 1.17 bits per heavy atom. The number of para-hydroxylation sites is 1. The van der Waals surface area contributed by atoms with Gasteiger partial charge in [-0.05, 0) is 47.5 Å². The first-order chi connectivity index (χ1) is 14.1. The van der Waals surface area contributed by atoms with Gasteiger partial charge in [-0.25, -0.2) is 4.98 Å². The van der Waals surface area contributed by atoms with E-state index in [0.717, 1.165) is 33.5 Å². The number of anilines is 1. The number of hydrogen-bond acceptors (Lipinski definition) is 3. The average Bonchev–Trinajstić information content (AvgIpc) is 3.16. The molecule has 0 spiro atoms. The lowest BCUT2D eigenvalue weighted by Crippen LogP contribution is -2.16. The number of benzene rings is 2. The third kappa shape index (κ3) is 4.25. The van der Waals surface area contributed by atoms with Crippen molar-refractivity contribution in [2.24, 2.45) is 0 Å². The van der Waals surface area contributed by atoms with Crippen LogP contribution in [0.4, 0.5) is 5.69 Å². The summed E-state index contributed by atoms with van der Waals surface area (Å²) in [6.45, 7) is 0. The smallest absolute Gasteiger partial charge is 0.225 e. The van der Waals surface area contributed by atoms with E-state index in [-0.39, 0.29) is 18.2 Å². The molecule has 0 fully saturated rings. The van der Waals surface area contributed by atoms with Crippen LogP contribution in [0.2, 0.25) is 5.15 Å². The molecule has 2 N–H and O–H groups in total. The molecule has 2 heterocycles. The van der Waals surface area contributed by atoms with Crippen LogP contribution in [0, 0.1) is 0 Å². The van der Waals surface area contributed by atoms with Gasteiger partial charge in [0, 0.05) is 41.3 Å². The summed E-state index contributed by atoms with van der Waals surface area (Å²) in [4.78, 5) is 20.3. The van der Waals surface area contributed by atoms with Gasteiger partial charge >= 0.3 is 0 Å². The van der Waals surface area contributed by atoms with Crippen LogP contribution in [0.15, 0.2) is 73.1 Å². The molecule has 0 saturated heterocycles. The second-order valence-corrected chi connectivity index (χ2v) is 7.13. The molecule has 0 aliphatic carbocycles. The van der Waals surface area contributed by atoms with Crippen molar-refractivity contribution in [3.8, 4) is 5.75 Å². The lowest BCUT2D eigenvalue weighted by atomic mass is 9.89. The van der Waals surface area contributed by atoms with E-state index in [1.165, 1.54) is 0 Å². The number of pyridine rings is 1. The number of amides is 1. The quantitative estimate of drug-likeness (QED) is 0.423. The Labute approximate surface area is 173 Å². The first-order valence-corrected chi connectivity index (χ1v) is 9.63. The highest BCUT2D eigenvalue weighted by Gasteiger charge is 2.22. The van der Waals surface area contributed by atoms with Gasteiger partial charge in [0.25, 0.3) is 0 Å². The molecule has 4 aromatic rings. The number of rotatable bonds is 6. The molecule has 4 rings (SSSR count). The van der Waals surface area contributed by atoms with E-state index in [0.29, 0.717) is 5.15 Å². The molecule has 146 valence electrons. The summed E-state index contributed by atoms with van der Waals surface area (Å²) in [6.07, 6.45) is 3.93. The van der Waals surface area contributed by atoms with Gasteiger partial charge < -0.3 is 15.0 Å². The number of carbonyl (C=O) groups excluding carboxylic acids is 1. The molecule has 0 unspecified atom stereocenters. The fraction of sp³-hybridized carbons (Fsp3) is 0.130. The standard InChI is InChI=1S/C23H20ClN3O2/c1-29-17-8-9-21-19(11-17)20(14-25-21)18(15-7-10-22(24)26-13-15)12-23(28)27-16-5-3-2-4-6-16/h2-11,13-14,18,25H,12H2,1H3,(H,27,28)/t18-/m1/s1. The van der Waals surface area contributed by atoms with Gasteiger partial charge in [-0.3, -0.25) is 4.79 Å². The second kappa shape index (κ2) is 8.37.